The first kappa shape index (κ1) is 18.5. The van der Waals surface area contributed by atoms with Gasteiger partial charge < -0.3 is 4.90 Å². The molecule has 2 aromatic rings. The van der Waals surface area contributed by atoms with E-state index in [4.69, 9.17) is 4.98 Å². The average molecular weight is 376 g/mol. The van der Waals surface area contributed by atoms with Gasteiger partial charge in [-0.15, -0.1) is 17.3 Å². The lowest BCUT2D eigenvalue weighted by Crippen LogP contribution is -2.26. The molecule has 0 aliphatic heterocycles. The molecule has 0 saturated heterocycles. The van der Waals surface area contributed by atoms with Crippen molar-refractivity contribution in [1.29, 1.82) is 0 Å². The third-order valence-electron chi connectivity index (χ3n) is 4.48. The molecule has 25 heavy (non-hydrogen) atoms. The molecule has 0 spiro atoms. The van der Waals surface area contributed by atoms with E-state index in [0.29, 0.717) is 12.3 Å². The van der Waals surface area contributed by atoms with E-state index < -0.39 is 0 Å². The third-order valence-corrected chi connectivity index (χ3v) is 6.52. The molecule has 2 heterocycles. The lowest BCUT2D eigenvalue weighted by atomic mass is 9.97. The standard InChI is InChI=1S/C19H25N3OS2/c1-4-5-13-24-19-20-17-16(14-9-6-7-10-15(14)25-17)18(23)22(19)12-8-11-21(2)3/h6-13H2,1-3H3. The summed E-state index contributed by atoms with van der Waals surface area (Å²) in [6.45, 7) is 3.52. The smallest absolute Gasteiger partial charge is 0.263 e. The Labute approximate surface area is 157 Å². The van der Waals surface area contributed by atoms with Crippen LogP contribution in [0.3, 0.4) is 0 Å². The maximum absolute atomic E-state index is 13.3. The molecule has 0 unspecified atom stereocenters. The largest absolute Gasteiger partial charge is 0.309 e. The first-order chi connectivity index (χ1) is 12.1. The second kappa shape index (κ2) is 8.39. The van der Waals surface area contributed by atoms with Crippen LogP contribution in [0, 0.1) is 11.8 Å². The number of fused-ring (bicyclic) bond motifs is 3. The fraction of sp³-hybridized carbons (Fsp3) is 0.579. The van der Waals surface area contributed by atoms with Gasteiger partial charge in [-0.1, -0.05) is 17.7 Å². The van der Waals surface area contributed by atoms with E-state index >= 15 is 0 Å². The summed E-state index contributed by atoms with van der Waals surface area (Å²) in [7, 11) is 4.12. The van der Waals surface area contributed by atoms with Crippen LogP contribution in [0.15, 0.2) is 9.95 Å². The van der Waals surface area contributed by atoms with Gasteiger partial charge in [-0.25, -0.2) is 4.98 Å². The summed E-state index contributed by atoms with van der Waals surface area (Å²) < 4.78 is 1.88. The predicted molar refractivity (Wildman–Crippen MR) is 108 cm³/mol. The Morgan fingerprint density at radius 2 is 2.12 bits per heavy atom. The number of nitrogens with zero attached hydrogens (tertiary/aromatic N) is 3. The fourth-order valence-corrected chi connectivity index (χ4v) is 5.39. The Balaban J connectivity index is 2.03. The second-order valence-corrected chi connectivity index (χ2v) is 8.64. The maximum atomic E-state index is 13.3. The number of aryl methyl sites for hydroxylation is 2. The summed E-state index contributed by atoms with van der Waals surface area (Å²) in [5.74, 6) is 6.66. The van der Waals surface area contributed by atoms with E-state index in [1.807, 2.05) is 11.5 Å². The average Bonchev–Trinajstić information content (AvgIpc) is 2.95. The molecule has 0 saturated carbocycles. The Morgan fingerprint density at radius 3 is 2.88 bits per heavy atom. The van der Waals surface area contributed by atoms with Crippen molar-refractivity contribution in [3.05, 3.63) is 20.8 Å². The van der Waals surface area contributed by atoms with E-state index in [-0.39, 0.29) is 5.56 Å². The molecular formula is C19H25N3OS2. The van der Waals surface area contributed by atoms with Crippen molar-refractivity contribution in [2.45, 2.75) is 50.7 Å². The van der Waals surface area contributed by atoms with Crippen LogP contribution < -0.4 is 5.56 Å². The van der Waals surface area contributed by atoms with Gasteiger partial charge in [-0.05, 0) is 65.2 Å². The molecule has 1 aliphatic carbocycles. The summed E-state index contributed by atoms with van der Waals surface area (Å²) >= 11 is 3.30. The summed E-state index contributed by atoms with van der Waals surface area (Å²) in [5, 5.41) is 1.70. The van der Waals surface area contributed by atoms with Crippen molar-refractivity contribution in [2.75, 3.05) is 26.4 Å². The van der Waals surface area contributed by atoms with Gasteiger partial charge in [-0.2, -0.15) is 0 Å². The first-order valence-electron chi connectivity index (χ1n) is 8.84. The number of hydrogen-bond donors (Lipinski definition) is 0. The maximum Gasteiger partial charge on any atom is 0.263 e. The minimum Gasteiger partial charge on any atom is -0.309 e. The second-order valence-electron chi connectivity index (χ2n) is 6.61. The highest BCUT2D eigenvalue weighted by molar-refractivity contribution is 7.99. The minimum absolute atomic E-state index is 0.148. The van der Waals surface area contributed by atoms with Crippen LogP contribution in [-0.2, 0) is 19.4 Å². The molecule has 4 nitrogen and oxygen atoms in total. The van der Waals surface area contributed by atoms with E-state index in [1.54, 1.807) is 23.1 Å². The normalized spacial score (nSPS) is 13.8. The van der Waals surface area contributed by atoms with Gasteiger partial charge in [0.15, 0.2) is 5.16 Å². The molecule has 0 amide bonds. The molecule has 0 fully saturated rings. The van der Waals surface area contributed by atoms with Crippen molar-refractivity contribution < 1.29 is 0 Å². The number of hydrogen-bond acceptors (Lipinski definition) is 5. The first-order valence-corrected chi connectivity index (χ1v) is 10.6. The zero-order chi connectivity index (χ0) is 17.8. The molecule has 0 atom stereocenters. The van der Waals surface area contributed by atoms with Crippen LogP contribution in [0.5, 0.6) is 0 Å². The van der Waals surface area contributed by atoms with Crippen LogP contribution in [0.25, 0.3) is 10.2 Å². The Kier molecular flexibility index (Phi) is 6.21. The predicted octanol–water partition coefficient (Wildman–Crippen LogP) is 3.40. The van der Waals surface area contributed by atoms with E-state index in [9.17, 15) is 4.79 Å². The molecule has 0 bridgehead atoms. The zero-order valence-corrected chi connectivity index (χ0v) is 16.9. The SMILES string of the molecule is CC#CCSc1nc2sc3c(c2c(=O)n1CCCN(C)C)CCCC3. The Hall–Kier alpha value is -1.29. The molecular weight excluding hydrogens is 350 g/mol. The highest BCUT2D eigenvalue weighted by Crippen LogP contribution is 2.34. The quantitative estimate of drug-likeness (QED) is 0.441. The highest BCUT2D eigenvalue weighted by Gasteiger charge is 2.22. The summed E-state index contributed by atoms with van der Waals surface area (Å²) in [6, 6.07) is 0. The van der Waals surface area contributed by atoms with Gasteiger partial charge in [0.05, 0.1) is 11.1 Å². The van der Waals surface area contributed by atoms with E-state index in [0.717, 1.165) is 41.2 Å². The zero-order valence-electron chi connectivity index (χ0n) is 15.2. The molecule has 6 heteroatoms. The van der Waals surface area contributed by atoms with Crippen LogP contribution in [-0.4, -0.2) is 40.8 Å². The van der Waals surface area contributed by atoms with Crippen molar-refractivity contribution in [1.82, 2.24) is 14.5 Å². The van der Waals surface area contributed by atoms with Gasteiger partial charge in [0.1, 0.15) is 4.83 Å². The van der Waals surface area contributed by atoms with Crippen molar-refractivity contribution >= 4 is 33.3 Å². The Morgan fingerprint density at radius 1 is 1.32 bits per heavy atom. The van der Waals surface area contributed by atoms with Crippen molar-refractivity contribution in [2.24, 2.45) is 0 Å². The summed E-state index contributed by atoms with van der Waals surface area (Å²) in [5.41, 5.74) is 1.42. The number of thioether (sulfide) groups is 1. The topological polar surface area (TPSA) is 38.1 Å². The Bertz CT molecular complexity index is 871. The van der Waals surface area contributed by atoms with Crippen molar-refractivity contribution in [3.8, 4) is 11.8 Å². The summed E-state index contributed by atoms with van der Waals surface area (Å²) in [4.78, 5) is 22.6. The summed E-state index contributed by atoms with van der Waals surface area (Å²) in [6.07, 6.45) is 5.48. The minimum atomic E-state index is 0.148. The van der Waals surface area contributed by atoms with Gasteiger partial charge in [0.25, 0.3) is 5.56 Å². The lowest BCUT2D eigenvalue weighted by Gasteiger charge is -2.14. The number of thiophene rings is 1. The van der Waals surface area contributed by atoms with Crippen molar-refractivity contribution in [3.63, 3.8) is 0 Å². The van der Waals surface area contributed by atoms with Crippen LogP contribution in [0.2, 0.25) is 0 Å². The molecule has 0 radical (unpaired) electrons. The van der Waals surface area contributed by atoms with Gasteiger partial charge >= 0.3 is 0 Å². The van der Waals surface area contributed by atoms with Gasteiger partial charge in [0.2, 0.25) is 0 Å². The van der Waals surface area contributed by atoms with Gasteiger partial charge in [-0.3, -0.25) is 9.36 Å². The van der Waals surface area contributed by atoms with Gasteiger partial charge in [0, 0.05) is 11.4 Å². The van der Waals surface area contributed by atoms with Crippen LogP contribution in [0.1, 0.15) is 36.6 Å². The molecule has 1 aliphatic rings. The van der Waals surface area contributed by atoms with Crippen LogP contribution in [0.4, 0.5) is 0 Å². The monoisotopic (exact) mass is 375 g/mol. The number of aromatic nitrogens is 2. The molecule has 2 aromatic heterocycles. The molecule has 0 N–H and O–H groups in total. The molecule has 3 rings (SSSR count). The number of rotatable bonds is 6. The molecule has 0 aromatic carbocycles. The van der Waals surface area contributed by atoms with Crippen LogP contribution >= 0.6 is 23.1 Å². The fourth-order valence-electron chi connectivity index (χ4n) is 3.25. The highest BCUT2D eigenvalue weighted by atomic mass is 32.2. The van der Waals surface area contributed by atoms with E-state index in [1.165, 1.54) is 23.3 Å². The van der Waals surface area contributed by atoms with E-state index in [2.05, 4.69) is 30.8 Å². The molecule has 134 valence electrons. The third kappa shape index (κ3) is 4.11. The lowest BCUT2D eigenvalue weighted by molar-refractivity contribution is 0.379.